The summed E-state index contributed by atoms with van der Waals surface area (Å²) < 4.78 is 0. The van der Waals surface area contributed by atoms with Crippen LogP contribution in [0.25, 0.3) is 0 Å². The maximum atomic E-state index is 10.7. The van der Waals surface area contributed by atoms with E-state index < -0.39 is 12.0 Å². The SMILES string of the molecule is CC(C)(C)c1cc(C(N)C(=O)O)ncn1. The summed E-state index contributed by atoms with van der Waals surface area (Å²) in [6, 6.07) is 0.549. The lowest BCUT2D eigenvalue weighted by Gasteiger charge is -2.18. The standard InChI is InChI=1S/C10H15N3O2/c1-10(2,3)7-4-6(12-5-13-7)8(11)9(14)15/h4-5,8H,11H2,1-3H3,(H,14,15). The van der Waals surface area contributed by atoms with Crippen molar-refractivity contribution in [1.82, 2.24) is 9.97 Å². The molecule has 0 radical (unpaired) electrons. The zero-order valence-electron chi connectivity index (χ0n) is 9.06. The second-order valence-corrected chi connectivity index (χ2v) is 4.39. The van der Waals surface area contributed by atoms with Crippen molar-refractivity contribution in [3.05, 3.63) is 23.8 Å². The van der Waals surface area contributed by atoms with Gasteiger partial charge < -0.3 is 10.8 Å². The van der Waals surface area contributed by atoms with Crippen LogP contribution < -0.4 is 5.73 Å². The van der Waals surface area contributed by atoms with Crippen LogP contribution in [0.3, 0.4) is 0 Å². The molecule has 1 aromatic heterocycles. The van der Waals surface area contributed by atoms with Gasteiger partial charge >= 0.3 is 5.97 Å². The van der Waals surface area contributed by atoms with E-state index in [9.17, 15) is 4.79 Å². The molecule has 15 heavy (non-hydrogen) atoms. The van der Waals surface area contributed by atoms with Gasteiger partial charge in [0.2, 0.25) is 0 Å². The van der Waals surface area contributed by atoms with Crippen LogP contribution in [0.5, 0.6) is 0 Å². The molecule has 0 amide bonds. The van der Waals surface area contributed by atoms with E-state index in [1.54, 1.807) is 6.07 Å². The van der Waals surface area contributed by atoms with Crippen molar-refractivity contribution in [3.63, 3.8) is 0 Å². The largest absolute Gasteiger partial charge is 0.480 e. The first-order valence-electron chi connectivity index (χ1n) is 4.63. The fourth-order valence-corrected chi connectivity index (χ4v) is 1.08. The van der Waals surface area contributed by atoms with Gasteiger partial charge in [-0.1, -0.05) is 20.8 Å². The first-order valence-corrected chi connectivity index (χ1v) is 4.63. The molecule has 1 atom stereocenters. The van der Waals surface area contributed by atoms with Crippen LogP contribution in [0.4, 0.5) is 0 Å². The Morgan fingerprint density at radius 3 is 2.53 bits per heavy atom. The number of aliphatic carboxylic acids is 1. The third-order valence-corrected chi connectivity index (χ3v) is 2.04. The van der Waals surface area contributed by atoms with Crippen molar-refractivity contribution in [2.75, 3.05) is 0 Å². The van der Waals surface area contributed by atoms with Crippen molar-refractivity contribution >= 4 is 5.97 Å². The molecule has 0 bridgehead atoms. The van der Waals surface area contributed by atoms with Gasteiger partial charge in [-0.25, -0.2) is 9.97 Å². The van der Waals surface area contributed by atoms with E-state index in [4.69, 9.17) is 10.8 Å². The van der Waals surface area contributed by atoms with Crippen molar-refractivity contribution in [1.29, 1.82) is 0 Å². The molecule has 0 spiro atoms. The van der Waals surface area contributed by atoms with Gasteiger partial charge in [0.25, 0.3) is 0 Å². The third kappa shape index (κ3) is 2.73. The Labute approximate surface area is 88.4 Å². The van der Waals surface area contributed by atoms with E-state index in [2.05, 4.69) is 9.97 Å². The van der Waals surface area contributed by atoms with E-state index in [0.29, 0.717) is 5.69 Å². The minimum atomic E-state index is -1.09. The number of carbonyl (C=O) groups is 1. The van der Waals surface area contributed by atoms with Gasteiger partial charge in [-0.3, -0.25) is 4.79 Å². The molecule has 5 heteroatoms. The Morgan fingerprint density at radius 2 is 2.07 bits per heavy atom. The Hall–Kier alpha value is -1.49. The summed E-state index contributed by atoms with van der Waals surface area (Å²) in [5, 5.41) is 8.74. The highest BCUT2D eigenvalue weighted by Gasteiger charge is 2.20. The van der Waals surface area contributed by atoms with Gasteiger partial charge in [0, 0.05) is 11.1 Å². The molecule has 1 aromatic rings. The van der Waals surface area contributed by atoms with Gasteiger partial charge in [-0.05, 0) is 6.07 Å². The average Bonchev–Trinajstić information content (AvgIpc) is 2.15. The molecule has 1 unspecified atom stereocenters. The normalized spacial score (nSPS) is 13.6. The molecule has 0 saturated carbocycles. The van der Waals surface area contributed by atoms with Crippen LogP contribution in [0.15, 0.2) is 12.4 Å². The predicted molar refractivity (Wildman–Crippen MR) is 55.3 cm³/mol. The average molecular weight is 209 g/mol. The zero-order chi connectivity index (χ0) is 11.6. The van der Waals surface area contributed by atoms with Gasteiger partial charge in [0.05, 0.1) is 5.69 Å². The number of aromatic nitrogens is 2. The van der Waals surface area contributed by atoms with Crippen LogP contribution >= 0.6 is 0 Å². The number of rotatable bonds is 2. The number of hydrogen-bond acceptors (Lipinski definition) is 4. The van der Waals surface area contributed by atoms with E-state index in [0.717, 1.165) is 5.69 Å². The fourth-order valence-electron chi connectivity index (χ4n) is 1.08. The van der Waals surface area contributed by atoms with Crippen LogP contribution in [0.1, 0.15) is 38.2 Å². The number of carboxylic acid groups (broad SMARTS) is 1. The van der Waals surface area contributed by atoms with Crippen molar-refractivity contribution in [2.24, 2.45) is 5.73 Å². The Kier molecular flexibility index (Phi) is 3.04. The first-order chi connectivity index (χ1) is 6.82. The second-order valence-electron chi connectivity index (χ2n) is 4.39. The molecule has 0 saturated heterocycles. The molecule has 0 aliphatic heterocycles. The van der Waals surface area contributed by atoms with Crippen LogP contribution in [0, 0.1) is 0 Å². The van der Waals surface area contributed by atoms with Crippen molar-refractivity contribution in [3.8, 4) is 0 Å². The van der Waals surface area contributed by atoms with E-state index in [1.165, 1.54) is 6.33 Å². The zero-order valence-corrected chi connectivity index (χ0v) is 9.06. The maximum absolute atomic E-state index is 10.7. The van der Waals surface area contributed by atoms with E-state index >= 15 is 0 Å². The summed E-state index contributed by atoms with van der Waals surface area (Å²) in [4.78, 5) is 18.6. The topological polar surface area (TPSA) is 89.1 Å². The Bertz CT molecular complexity index is 371. The molecule has 1 rings (SSSR count). The number of carboxylic acids is 1. The lowest BCUT2D eigenvalue weighted by Crippen LogP contribution is -2.23. The van der Waals surface area contributed by atoms with Crippen LogP contribution in [-0.4, -0.2) is 21.0 Å². The molecule has 1 heterocycles. The number of hydrogen-bond donors (Lipinski definition) is 2. The minimum absolute atomic E-state index is 0.143. The van der Waals surface area contributed by atoms with Crippen molar-refractivity contribution in [2.45, 2.75) is 32.2 Å². The molecular weight excluding hydrogens is 194 g/mol. The summed E-state index contributed by atoms with van der Waals surface area (Å²) in [6.07, 6.45) is 1.35. The predicted octanol–water partition coefficient (Wildman–Crippen LogP) is 0.858. The highest BCUT2D eigenvalue weighted by Crippen LogP contribution is 2.21. The molecule has 0 fully saturated rings. The maximum Gasteiger partial charge on any atom is 0.326 e. The molecule has 0 aliphatic carbocycles. The van der Waals surface area contributed by atoms with Gasteiger partial charge in [-0.2, -0.15) is 0 Å². The van der Waals surface area contributed by atoms with E-state index in [-0.39, 0.29) is 5.41 Å². The Morgan fingerprint density at radius 1 is 1.47 bits per heavy atom. The number of nitrogens with two attached hydrogens (primary N) is 1. The molecule has 3 N–H and O–H groups in total. The summed E-state index contributed by atoms with van der Waals surface area (Å²) in [7, 11) is 0. The summed E-state index contributed by atoms with van der Waals surface area (Å²) in [6.45, 7) is 5.97. The van der Waals surface area contributed by atoms with Gasteiger partial charge in [0.15, 0.2) is 0 Å². The van der Waals surface area contributed by atoms with E-state index in [1.807, 2.05) is 20.8 Å². The lowest BCUT2D eigenvalue weighted by atomic mass is 9.91. The smallest absolute Gasteiger partial charge is 0.326 e. The molecule has 5 nitrogen and oxygen atoms in total. The third-order valence-electron chi connectivity index (χ3n) is 2.04. The van der Waals surface area contributed by atoms with Crippen LogP contribution in [0.2, 0.25) is 0 Å². The van der Waals surface area contributed by atoms with Crippen LogP contribution in [-0.2, 0) is 10.2 Å². The molecule has 0 aliphatic rings. The highest BCUT2D eigenvalue weighted by atomic mass is 16.4. The monoisotopic (exact) mass is 209 g/mol. The second kappa shape index (κ2) is 3.94. The molecule has 0 aromatic carbocycles. The summed E-state index contributed by atoms with van der Waals surface area (Å²) in [5.41, 5.74) is 6.43. The summed E-state index contributed by atoms with van der Waals surface area (Å²) in [5.74, 6) is -1.09. The Balaban J connectivity index is 3.08. The minimum Gasteiger partial charge on any atom is -0.480 e. The summed E-state index contributed by atoms with van der Waals surface area (Å²) >= 11 is 0. The van der Waals surface area contributed by atoms with Gasteiger partial charge in [-0.15, -0.1) is 0 Å². The number of nitrogens with zero attached hydrogens (tertiary/aromatic N) is 2. The van der Waals surface area contributed by atoms with Crippen molar-refractivity contribution < 1.29 is 9.90 Å². The lowest BCUT2D eigenvalue weighted by molar-refractivity contribution is -0.138. The van der Waals surface area contributed by atoms with Gasteiger partial charge in [0.1, 0.15) is 12.4 Å². The molecule has 82 valence electrons. The first kappa shape index (κ1) is 11.6. The fraction of sp³-hybridized carbons (Fsp3) is 0.500. The quantitative estimate of drug-likeness (QED) is 0.754. The highest BCUT2D eigenvalue weighted by molar-refractivity contribution is 5.74. The molecular formula is C10H15N3O2.